The van der Waals surface area contributed by atoms with Crippen LogP contribution in [-0.2, 0) is 14.4 Å². The molecule has 2 aliphatic rings. The number of likely N-dealkylation sites (N-methyl/N-ethyl adjacent to an activating group) is 1. The van der Waals surface area contributed by atoms with Gasteiger partial charge < -0.3 is 0 Å². The third-order valence-electron chi connectivity index (χ3n) is 8.70. The molecule has 1 heterocycles. The molecule has 1 aliphatic heterocycles. The minimum atomic E-state index is -3.57. The molecule has 0 bridgehead atoms. The van der Waals surface area contributed by atoms with Crippen molar-refractivity contribution in [2.24, 2.45) is 0 Å². The molecule has 1 saturated carbocycles. The standard InChI is InChI=1S/C39H35NO2P3/c1-31-39(32-19-8-3-9-20-32,44(35-25-14-6-15-26-35)36-27-16-7-17-28-36)42-45(41,40(31)2)38-30-18-29-37(38)43(33-21-10-4-11-22-33)34-23-12-5-13-24-34/h3-31H,1-2H3/t31-,39+,45+/m0/s1. The van der Waals surface area contributed by atoms with Crippen LogP contribution in [0, 0.1) is 30.6 Å². The van der Waals surface area contributed by atoms with Crippen LogP contribution in [0.4, 0.5) is 0 Å². The maximum atomic E-state index is 15.9. The van der Waals surface area contributed by atoms with Crippen molar-refractivity contribution < 1.29 is 9.09 Å². The summed E-state index contributed by atoms with van der Waals surface area (Å²) in [6.07, 6.45) is 6.24. The molecule has 1 aliphatic carbocycles. The highest BCUT2D eigenvalue weighted by Gasteiger charge is 2.65. The minimum absolute atomic E-state index is 0.195. The van der Waals surface area contributed by atoms with Crippen molar-refractivity contribution in [1.82, 2.24) is 4.67 Å². The second kappa shape index (κ2) is 13.1. The molecule has 2 fully saturated rings. The summed E-state index contributed by atoms with van der Waals surface area (Å²) in [5.41, 5.74) is 2.92. The summed E-state index contributed by atoms with van der Waals surface area (Å²) in [6, 6.07) is 52.7. The van der Waals surface area contributed by atoms with Gasteiger partial charge in [0.25, 0.3) is 7.52 Å². The fraction of sp³-hybridized carbons (Fsp3) is 0.103. The maximum Gasteiger partial charge on any atom is 0.282 e. The largest absolute Gasteiger partial charge is 0.298 e. The predicted octanol–water partition coefficient (Wildman–Crippen LogP) is 8.34. The van der Waals surface area contributed by atoms with Crippen LogP contribution in [0.2, 0.25) is 0 Å². The molecule has 5 radical (unpaired) electrons. The van der Waals surface area contributed by atoms with Gasteiger partial charge in [0.05, 0.1) is 11.7 Å². The Bertz CT molecular complexity index is 1660. The first kappa shape index (κ1) is 30.7. The lowest BCUT2D eigenvalue weighted by atomic mass is 10.0. The monoisotopic (exact) mass is 642 g/mol. The second-order valence-electron chi connectivity index (χ2n) is 11.2. The SMILES string of the molecule is C[C@@H]1N(C)[P@@](=O)([C]2[CH][CH][CH][C]2P(c2ccccc2)c2ccccc2)O[C@@]1(c1ccccc1)P(c1ccccc1)c1ccccc1. The fourth-order valence-corrected chi connectivity index (χ4v) is 15.6. The van der Waals surface area contributed by atoms with Crippen LogP contribution in [0.1, 0.15) is 12.5 Å². The Kier molecular flexibility index (Phi) is 8.94. The van der Waals surface area contributed by atoms with Gasteiger partial charge in [-0.2, -0.15) is 0 Å². The Morgan fingerprint density at radius 2 is 1.04 bits per heavy atom. The molecule has 7 rings (SSSR count). The van der Waals surface area contributed by atoms with E-state index in [-0.39, 0.29) is 6.04 Å². The molecule has 223 valence electrons. The van der Waals surface area contributed by atoms with Gasteiger partial charge in [0.15, 0.2) is 0 Å². The van der Waals surface area contributed by atoms with Crippen molar-refractivity contribution in [3.8, 4) is 0 Å². The van der Waals surface area contributed by atoms with Gasteiger partial charge in [-0.3, -0.25) is 9.09 Å². The summed E-state index contributed by atoms with van der Waals surface area (Å²) in [4.78, 5) is 0. The zero-order valence-corrected chi connectivity index (χ0v) is 28.0. The van der Waals surface area contributed by atoms with Crippen LogP contribution >= 0.6 is 23.4 Å². The Morgan fingerprint density at radius 1 is 0.622 bits per heavy atom. The predicted molar refractivity (Wildman–Crippen MR) is 192 cm³/mol. The quantitative estimate of drug-likeness (QED) is 0.160. The average molecular weight is 643 g/mol. The van der Waals surface area contributed by atoms with Gasteiger partial charge in [-0.1, -0.05) is 152 Å². The van der Waals surface area contributed by atoms with Crippen LogP contribution in [0.3, 0.4) is 0 Å². The van der Waals surface area contributed by atoms with E-state index >= 15 is 4.57 Å². The van der Waals surface area contributed by atoms with Crippen LogP contribution in [0.5, 0.6) is 0 Å². The van der Waals surface area contributed by atoms with Crippen molar-refractivity contribution in [1.29, 1.82) is 0 Å². The van der Waals surface area contributed by atoms with Crippen molar-refractivity contribution in [3.63, 3.8) is 0 Å². The van der Waals surface area contributed by atoms with E-state index in [2.05, 4.69) is 159 Å². The highest BCUT2D eigenvalue weighted by atomic mass is 31.2. The summed E-state index contributed by atoms with van der Waals surface area (Å²) in [7, 11) is -3.71. The number of nitrogens with zero attached hydrogens (tertiary/aromatic N) is 1. The number of hydrogen-bond donors (Lipinski definition) is 0. The van der Waals surface area contributed by atoms with Gasteiger partial charge in [-0.25, -0.2) is 4.67 Å². The maximum absolute atomic E-state index is 15.9. The molecular weight excluding hydrogens is 607 g/mol. The molecular formula is C39H35NO2P3. The molecule has 45 heavy (non-hydrogen) atoms. The van der Waals surface area contributed by atoms with E-state index in [1.807, 2.05) is 30.6 Å². The zero-order chi connectivity index (χ0) is 30.9. The Morgan fingerprint density at radius 3 is 1.51 bits per heavy atom. The zero-order valence-electron chi connectivity index (χ0n) is 25.3. The first-order valence-corrected chi connectivity index (χ1v) is 19.5. The normalized spacial score (nSPS) is 24.5. The average Bonchev–Trinajstić information content (AvgIpc) is 3.66. The van der Waals surface area contributed by atoms with Gasteiger partial charge in [0.2, 0.25) is 0 Å². The highest BCUT2D eigenvalue weighted by molar-refractivity contribution is 7.78. The topological polar surface area (TPSA) is 29.5 Å². The lowest BCUT2D eigenvalue weighted by Crippen LogP contribution is -2.42. The number of benzene rings is 5. The van der Waals surface area contributed by atoms with E-state index in [4.69, 9.17) is 4.52 Å². The van der Waals surface area contributed by atoms with Gasteiger partial charge in [-0.15, -0.1) is 0 Å². The molecule has 3 nitrogen and oxygen atoms in total. The molecule has 0 amide bonds. The van der Waals surface area contributed by atoms with Crippen LogP contribution in [0.15, 0.2) is 152 Å². The number of rotatable bonds is 8. The summed E-state index contributed by atoms with van der Waals surface area (Å²) in [5.74, 6) is 0. The van der Waals surface area contributed by atoms with Crippen molar-refractivity contribution >= 4 is 44.6 Å². The van der Waals surface area contributed by atoms with E-state index in [1.54, 1.807) is 0 Å². The van der Waals surface area contributed by atoms with Gasteiger partial charge >= 0.3 is 0 Å². The molecule has 6 heteroatoms. The Labute approximate surface area is 270 Å². The molecule has 5 aromatic rings. The highest BCUT2D eigenvalue weighted by Crippen LogP contribution is 2.81. The summed E-state index contributed by atoms with van der Waals surface area (Å²) < 4.78 is 25.4. The molecule has 0 N–H and O–H groups in total. The summed E-state index contributed by atoms with van der Waals surface area (Å²) in [5, 5.41) is 3.94. The lowest BCUT2D eigenvalue weighted by molar-refractivity contribution is 0.164. The van der Waals surface area contributed by atoms with E-state index in [0.717, 1.165) is 16.9 Å². The molecule has 0 aromatic heterocycles. The second-order valence-corrected chi connectivity index (χ2v) is 18.1. The smallest absolute Gasteiger partial charge is 0.282 e. The van der Waals surface area contributed by atoms with Crippen LogP contribution in [-0.4, -0.2) is 17.8 Å². The molecule has 0 spiro atoms. The number of hydrogen-bond acceptors (Lipinski definition) is 2. The Balaban J connectivity index is 1.39. The third kappa shape index (κ3) is 5.48. The van der Waals surface area contributed by atoms with Crippen LogP contribution in [0.25, 0.3) is 0 Å². The van der Waals surface area contributed by atoms with Gasteiger partial charge in [0, 0.05) is 5.66 Å². The van der Waals surface area contributed by atoms with Crippen molar-refractivity contribution in [2.75, 3.05) is 7.05 Å². The van der Waals surface area contributed by atoms with Gasteiger partial charge in [-0.05, 0) is 75.9 Å². The van der Waals surface area contributed by atoms with Crippen molar-refractivity contribution in [2.45, 2.75) is 18.3 Å². The van der Waals surface area contributed by atoms with Crippen LogP contribution < -0.4 is 21.2 Å². The van der Waals surface area contributed by atoms with E-state index in [0.29, 0.717) is 0 Å². The first-order chi connectivity index (χ1) is 22.0. The fourth-order valence-electron chi connectivity index (χ4n) is 6.45. The minimum Gasteiger partial charge on any atom is -0.298 e. The molecule has 0 unspecified atom stereocenters. The Hall–Kier alpha value is -2.89. The lowest BCUT2D eigenvalue weighted by Gasteiger charge is -2.41. The molecule has 5 aromatic carbocycles. The molecule has 3 atom stereocenters. The first-order valence-electron chi connectivity index (χ1n) is 15.2. The van der Waals surface area contributed by atoms with E-state index in [1.165, 1.54) is 21.2 Å². The molecule has 1 saturated heterocycles. The summed E-state index contributed by atoms with van der Waals surface area (Å²) >= 11 is 0. The summed E-state index contributed by atoms with van der Waals surface area (Å²) in [6.45, 7) is 2.19. The van der Waals surface area contributed by atoms with E-state index < -0.39 is 28.7 Å². The third-order valence-corrected chi connectivity index (χ3v) is 17.2. The van der Waals surface area contributed by atoms with Crippen molar-refractivity contribution in [3.05, 3.63) is 188 Å². The van der Waals surface area contributed by atoms with E-state index in [9.17, 15) is 0 Å². The van der Waals surface area contributed by atoms with Gasteiger partial charge in [0.1, 0.15) is 5.34 Å².